The summed E-state index contributed by atoms with van der Waals surface area (Å²) in [6, 6.07) is 17.6. The topological polar surface area (TPSA) is 134 Å². The SMILES string of the molecule is COc1ccc(C(=O)/C(=N/N)c2ccccc2OC(=O)c2ccc([N+](=O)[O-])cc2)cc1. The second-order valence-corrected chi connectivity index (χ2v) is 6.22. The molecular formula is C22H17N3O6. The van der Waals surface area contributed by atoms with Crippen LogP contribution in [0.4, 0.5) is 5.69 Å². The number of hydrazone groups is 1. The van der Waals surface area contributed by atoms with Crippen LogP contribution in [0.15, 0.2) is 77.9 Å². The zero-order chi connectivity index (χ0) is 22.4. The summed E-state index contributed by atoms with van der Waals surface area (Å²) in [4.78, 5) is 35.6. The van der Waals surface area contributed by atoms with Crippen molar-refractivity contribution >= 4 is 23.2 Å². The highest BCUT2D eigenvalue weighted by Gasteiger charge is 2.22. The summed E-state index contributed by atoms with van der Waals surface area (Å²) in [5.41, 5.74) is 0.396. The molecule has 2 N–H and O–H groups in total. The summed E-state index contributed by atoms with van der Waals surface area (Å²) in [7, 11) is 1.51. The van der Waals surface area contributed by atoms with E-state index >= 15 is 0 Å². The van der Waals surface area contributed by atoms with Crippen LogP contribution in [0.2, 0.25) is 0 Å². The largest absolute Gasteiger partial charge is 0.497 e. The lowest BCUT2D eigenvalue weighted by Crippen LogP contribution is -2.20. The molecular weight excluding hydrogens is 402 g/mol. The van der Waals surface area contributed by atoms with Gasteiger partial charge in [-0.15, -0.1) is 0 Å². The number of ketones is 1. The number of nitro groups is 1. The summed E-state index contributed by atoms with van der Waals surface area (Å²) in [5.74, 6) is 4.92. The van der Waals surface area contributed by atoms with Gasteiger partial charge in [-0.3, -0.25) is 14.9 Å². The molecule has 0 bridgehead atoms. The van der Waals surface area contributed by atoms with Gasteiger partial charge in [0.2, 0.25) is 5.78 Å². The Balaban J connectivity index is 1.88. The lowest BCUT2D eigenvalue weighted by atomic mass is 10.00. The fraction of sp³-hybridized carbons (Fsp3) is 0.0455. The molecule has 3 aromatic carbocycles. The minimum Gasteiger partial charge on any atom is -0.497 e. The standard InChI is InChI=1S/C22H17N3O6/c1-30-17-12-8-14(9-13-17)21(26)20(24-23)18-4-2-3-5-19(18)31-22(27)15-6-10-16(11-7-15)25(28)29/h2-13H,23H2,1H3/b24-20+. The summed E-state index contributed by atoms with van der Waals surface area (Å²) in [6.07, 6.45) is 0. The molecule has 0 atom stereocenters. The number of esters is 1. The van der Waals surface area contributed by atoms with Crippen molar-refractivity contribution < 1.29 is 24.0 Å². The predicted octanol–water partition coefficient (Wildman–Crippen LogP) is 3.37. The van der Waals surface area contributed by atoms with E-state index in [1.165, 1.54) is 37.4 Å². The second-order valence-electron chi connectivity index (χ2n) is 6.22. The van der Waals surface area contributed by atoms with Crippen LogP contribution in [0.1, 0.15) is 26.3 Å². The normalized spacial score (nSPS) is 10.9. The van der Waals surface area contributed by atoms with Gasteiger partial charge >= 0.3 is 5.97 Å². The van der Waals surface area contributed by atoms with Gasteiger partial charge in [0.25, 0.3) is 5.69 Å². The molecule has 9 nitrogen and oxygen atoms in total. The predicted molar refractivity (Wildman–Crippen MR) is 113 cm³/mol. The summed E-state index contributed by atoms with van der Waals surface area (Å²) in [6.45, 7) is 0. The number of carbonyl (C=O) groups is 2. The molecule has 0 aliphatic heterocycles. The fourth-order valence-electron chi connectivity index (χ4n) is 2.76. The van der Waals surface area contributed by atoms with E-state index in [0.29, 0.717) is 11.3 Å². The Hall–Kier alpha value is -4.53. The Morgan fingerprint density at radius 2 is 1.55 bits per heavy atom. The zero-order valence-electron chi connectivity index (χ0n) is 16.3. The maximum absolute atomic E-state index is 12.9. The summed E-state index contributed by atoms with van der Waals surface area (Å²) < 4.78 is 10.5. The molecule has 3 rings (SSSR count). The molecule has 0 aliphatic rings. The van der Waals surface area contributed by atoms with Crippen LogP contribution in [0.3, 0.4) is 0 Å². The number of rotatable bonds is 7. The maximum atomic E-state index is 12.9. The minimum absolute atomic E-state index is 0.0666. The molecule has 3 aromatic rings. The number of nitrogens with zero attached hydrogens (tertiary/aromatic N) is 2. The van der Waals surface area contributed by atoms with Crippen LogP contribution < -0.4 is 15.3 Å². The van der Waals surface area contributed by atoms with Crippen molar-refractivity contribution in [3.8, 4) is 11.5 Å². The van der Waals surface area contributed by atoms with Crippen LogP contribution in [0.5, 0.6) is 11.5 Å². The molecule has 0 fully saturated rings. The lowest BCUT2D eigenvalue weighted by molar-refractivity contribution is -0.384. The van der Waals surface area contributed by atoms with Gasteiger partial charge in [0.1, 0.15) is 17.2 Å². The Kier molecular flexibility index (Phi) is 6.36. The number of non-ortho nitro benzene ring substituents is 1. The fourth-order valence-corrected chi connectivity index (χ4v) is 2.76. The Morgan fingerprint density at radius 1 is 0.935 bits per heavy atom. The van der Waals surface area contributed by atoms with Crippen LogP contribution in [-0.4, -0.2) is 29.5 Å². The molecule has 31 heavy (non-hydrogen) atoms. The van der Waals surface area contributed by atoms with Crippen molar-refractivity contribution in [1.29, 1.82) is 0 Å². The third-order valence-corrected chi connectivity index (χ3v) is 4.36. The van der Waals surface area contributed by atoms with E-state index in [1.54, 1.807) is 42.5 Å². The number of carbonyl (C=O) groups excluding carboxylic acids is 2. The number of methoxy groups -OCH3 is 1. The maximum Gasteiger partial charge on any atom is 0.343 e. The van der Waals surface area contributed by atoms with E-state index in [-0.39, 0.29) is 28.3 Å². The highest BCUT2D eigenvalue weighted by molar-refractivity contribution is 6.51. The minimum atomic E-state index is -0.754. The van der Waals surface area contributed by atoms with Crippen molar-refractivity contribution in [2.75, 3.05) is 7.11 Å². The summed E-state index contributed by atoms with van der Waals surface area (Å²) >= 11 is 0. The van der Waals surface area contributed by atoms with Gasteiger partial charge in [-0.1, -0.05) is 12.1 Å². The van der Waals surface area contributed by atoms with Crippen molar-refractivity contribution in [2.45, 2.75) is 0 Å². The monoisotopic (exact) mass is 419 g/mol. The van der Waals surface area contributed by atoms with E-state index in [1.807, 2.05) is 0 Å². The highest BCUT2D eigenvalue weighted by atomic mass is 16.6. The number of ether oxygens (including phenoxy) is 2. The number of hydrogen-bond acceptors (Lipinski definition) is 8. The second kappa shape index (κ2) is 9.31. The zero-order valence-corrected chi connectivity index (χ0v) is 16.3. The number of benzene rings is 3. The lowest BCUT2D eigenvalue weighted by Gasteiger charge is -2.11. The van der Waals surface area contributed by atoms with Crippen molar-refractivity contribution in [1.82, 2.24) is 0 Å². The Labute approximate surface area is 176 Å². The van der Waals surface area contributed by atoms with Gasteiger partial charge in [0.05, 0.1) is 17.6 Å². The van der Waals surface area contributed by atoms with Crippen molar-refractivity contribution in [3.63, 3.8) is 0 Å². The van der Waals surface area contributed by atoms with E-state index in [4.69, 9.17) is 15.3 Å². The van der Waals surface area contributed by atoms with Crippen molar-refractivity contribution in [3.05, 3.63) is 99.6 Å². The molecule has 9 heteroatoms. The number of nitrogens with two attached hydrogens (primary N) is 1. The van der Waals surface area contributed by atoms with Gasteiger partial charge in [-0.05, 0) is 48.5 Å². The molecule has 0 amide bonds. The van der Waals surface area contributed by atoms with Crippen LogP contribution in [0.25, 0.3) is 0 Å². The number of nitro benzene ring substituents is 1. The number of hydrogen-bond donors (Lipinski definition) is 1. The molecule has 0 saturated carbocycles. The van der Waals surface area contributed by atoms with Gasteiger partial charge in [-0.2, -0.15) is 5.10 Å². The molecule has 0 spiro atoms. The van der Waals surface area contributed by atoms with Crippen LogP contribution in [0, 0.1) is 10.1 Å². The number of Topliss-reactive ketones (excluding diaryl/α,β-unsaturated/α-hetero) is 1. The van der Waals surface area contributed by atoms with E-state index < -0.39 is 16.7 Å². The number of para-hydroxylation sites is 1. The van der Waals surface area contributed by atoms with E-state index in [0.717, 1.165) is 0 Å². The van der Waals surface area contributed by atoms with Crippen molar-refractivity contribution in [2.24, 2.45) is 10.9 Å². The summed E-state index contributed by atoms with van der Waals surface area (Å²) in [5, 5.41) is 14.4. The van der Waals surface area contributed by atoms with Gasteiger partial charge < -0.3 is 15.3 Å². The van der Waals surface area contributed by atoms with Crippen LogP contribution in [-0.2, 0) is 0 Å². The van der Waals surface area contributed by atoms with Gasteiger partial charge in [0.15, 0.2) is 0 Å². The van der Waals surface area contributed by atoms with E-state index in [2.05, 4.69) is 5.10 Å². The molecule has 0 aromatic heterocycles. The molecule has 0 unspecified atom stereocenters. The quantitative estimate of drug-likeness (QED) is 0.118. The third kappa shape index (κ3) is 4.73. The molecule has 0 heterocycles. The first kappa shape index (κ1) is 21.2. The molecule has 0 saturated heterocycles. The average Bonchev–Trinajstić information content (AvgIpc) is 2.80. The first-order valence-electron chi connectivity index (χ1n) is 8.97. The molecule has 0 aliphatic carbocycles. The van der Waals surface area contributed by atoms with Gasteiger partial charge in [0, 0.05) is 23.3 Å². The van der Waals surface area contributed by atoms with Crippen LogP contribution >= 0.6 is 0 Å². The Bertz CT molecular complexity index is 1150. The van der Waals surface area contributed by atoms with E-state index in [9.17, 15) is 19.7 Å². The first-order valence-corrected chi connectivity index (χ1v) is 8.97. The molecule has 0 radical (unpaired) electrons. The first-order chi connectivity index (χ1) is 14.9. The molecule has 156 valence electrons. The smallest absolute Gasteiger partial charge is 0.343 e. The van der Waals surface area contributed by atoms with Gasteiger partial charge in [-0.25, -0.2) is 4.79 Å². The third-order valence-electron chi connectivity index (χ3n) is 4.36. The Morgan fingerprint density at radius 3 is 2.13 bits per heavy atom. The average molecular weight is 419 g/mol. The highest BCUT2D eigenvalue weighted by Crippen LogP contribution is 2.23.